The van der Waals surface area contributed by atoms with Crippen molar-refractivity contribution < 1.29 is 0 Å². The molecule has 1 aliphatic rings. The van der Waals surface area contributed by atoms with Crippen molar-refractivity contribution in [3.63, 3.8) is 0 Å². The van der Waals surface area contributed by atoms with Crippen LogP contribution in [0, 0.1) is 6.92 Å². The van der Waals surface area contributed by atoms with Gasteiger partial charge in [0.15, 0.2) is 0 Å². The van der Waals surface area contributed by atoms with Crippen LogP contribution in [-0.2, 0) is 5.33 Å². The van der Waals surface area contributed by atoms with Crippen molar-refractivity contribution >= 4 is 21.6 Å². The van der Waals surface area contributed by atoms with Crippen molar-refractivity contribution in [2.75, 3.05) is 32.1 Å². The second-order valence-electron chi connectivity index (χ2n) is 5.41. The van der Waals surface area contributed by atoms with Crippen molar-refractivity contribution in [1.29, 1.82) is 0 Å². The lowest BCUT2D eigenvalue weighted by molar-refractivity contribution is 0.253. The molecule has 2 nitrogen and oxygen atoms in total. The lowest BCUT2D eigenvalue weighted by Gasteiger charge is -2.37. The first-order valence-electron chi connectivity index (χ1n) is 6.68. The number of rotatable bonds is 3. The van der Waals surface area contributed by atoms with E-state index >= 15 is 0 Å². The maximum absolute atomic E-state index is 3.61. The molecule has 100 valence electrons. The number of hydrogen-bond acceptors (Lipinski definition) is 2. The molecule has 1 aliphatic heterocycles. The van der Waals surface area contributed by atoms with E-state index in [4.69, 9.17) is 0 Å². The van der Waals surface area contributed by atoms with E-state index in [-0.39, 0.29) is 0 Å². The zero-order valence-electron chi connectivity index (χ0n) is 11.6. The predicted octanol–water partition coefficient (Wildman–Crippen LogP) is 3.42. The molecule has 0 saturated carbocycles. The summed E-state index contributed by atoms with van der Waals surface area (Å²) in [6.45, 7) is 4.58. The first kappa shape index (κ1) is 13.9. The lowest BCUT2D eigenvalue weighted by atomic mass is 10.0. The van der Waals surface area contributed by atoms with Crippen molar-refractivity contribution in [2.24, 2.45) is 0 Å². The highest BCUT2D eigenvalue weighted by atomic mass is 79.9. The van der Waals surface area contributed by atoms with E-state index in [0.717, 1.165) is 5.33 Å². The van der Waals surface area contributed by atoms with Crippen molar-refractivity contribution in [1.82, 2.24) is 4.90 Å². The highest BCUT2D eigenvalue weighted by Crippen LogP contribution is 2.27. The van der Waals surface area contributed by atoms with Crippen LogP contribution in [-0.4, -0.2) is 38.1 Å². The van der Waals surface area contributed by atoms with E-state index < -0.39 is 0 Å². The third-order valence-electron chi connectivity index (χ3n) is 3.99. The Bertz CT molecular complexity index is 397. The molecule has 0 N–H and O–H groups in total. The van der Waals surface area contributed by atoms with Gasteiger partial charge < -0.3 is 9.80 Å². The fourth-order valence-electron chi connectivity index (χ4n) is 2.74. The van der Waals surface area contributed by atoms with Gasteiger partial charge in [-0.2, -0.15) is 0 Å². The number of aryl methyl sites for hydroxylation is 1. The Morgan fingerprint density at radius 2 is 2.00 bits per heavy atom. The summed E-state index contributed by atoms with van der Waals surface area (Å²) in [5, 5.41) is 0.932. The third-order valence-corrected chi connectivity index (χ3v) is 4.60. The van der Waals surface area contributed by atoms with Crippen LogP contribution in [0.5, 0.6) is 0 Å². The summed E-state index contributed by atoms with van der Waals surface area (Å²) in [7, 11) is 4.46. The molecule has 3 heteroatoms. The van der Waals surface area contributed by atoms with Crippen LogP contribution in [0.4, 0.5) is 5.69 Å². The Labute approximate surface area is 119 Å². The molecule has 0 spiro atoms. The molecule has 0 radical (unpaired) electrons. The Morgan fingerprint density at radius 1 is 1.33 bits per heavy atom. The van der Waals surface area contributed by atoms with Gasteiger partial charge in [0, 0.05) is 24.1 Å². The van der Waals surface area contributed by atoms with Gasteiger partial charge >= 0.3 is 0 Å². The van der Waals surface area contributed by atoms with Crippen molar-refractivity contribution in [3.05, 3.63) is 29.3 Å². The molecule has 0 atom stereocenters. The molecule has 0 aliphatic carbocycles. The van der Waals surface area contributed by atoms with E-state index in [2.05, 4.69) is 64.9 Å². The first-order chi connectivity index (χ1) is 8.61. The lowest BCUT2D eigenvalue weighted by Crippen LogP contribution is -2.42. The molecule has 0 unspecified atom stereocenters. The fourth-order valence-corrected chi connectivity index (χ4v) is 3.19. The number of halogens is 1. The first-order valence-corrected chi connectivity index (χ1v) is 7.81. The normalized spacial score (nSPS) is 18.0. The van der Waals surface area contributed by atoms with Crippen LogP contribution in [0.15, 0.2) is 18.2 Å². The summed E-state index contributed by atoms with van der Waals surface area (Å²) in [6, 6.07) is 7.45. The van der Waals surface area contributed by atoms with Gasteiger partial charge in [-0.25, -0.2) is 0 Å². The number of alkyl halides is 1. The summed E-state index contributed by atoms with van der Waals surface area (Å²) >= 11 is 3.61. The van der Waals surface area contributed by atoms with Crippen LogP contribution in [0.25, 0.3) is 0 Å². The number of piperidine rings is 1. The summed E-state index contributed by atoms with van der Waals surface area (Å²) in [5.74, 6) is 0. The fraction of sp³-hybridized carbons (Fsp3) is 0.600. The summed E-state index contributed by atoms with van der Waals surface area (Å²) in [5.41, 5.74) is 4.12. The van der Waals surface area contributed by atoms with Crippen molar-refractivity contribution in [3.8, 4) is 0 Å². The largest absolute Gasteiger partial charge is 0.371 e. The Kier molecular flexibility index (Phi) is 4.68. The monoisotopic (exact) mass is 310 g/mol. The van der Waals surface area contributed by atoms with E-state index in [1.165, 1.54) is 42.7 Å². The number of nitrogens with zero attached hydrogens (tertiary/aromatic N) is 2. The molecule has 1 aromatic rings. The van der Waals surface area contributed by atoms with Gasteiger partial charge in [-0.3, -0.25) is 0 Å². The zero-order chi connectivity index (χ0) is 13.1. The summed E-state index contributed by atoms with van der Waals surface area (Å²) in [6.07, 6.45) is 2.53. The zero-order valence-corrected chi connectivity index (χ0v) is 13.2. The van der Waals surface area contributed by atoms with E-state index in [1.54, 1.807) is 0 Å². The quantitative estimate of drug-likeness (QED) is 0.789. The number of benzene rings is 1. The van der Waals surface area contributed by atoms with Gasteiger partial charge in [0.2, 0.25) is 0 Å². The molecule has 1 saturated heterocycles. The van der Waals surface area contributed by atoms with Crippen LogP contribution < -0.4 is 4.90 Å². The smallest absolute Gasteiger partial charge is 0.0407 e. The number of likely N-dealkylation sites (tertiary alicyclic amines) is 1. The second-order valence-corrected chi connectivity index (χ2v) is 5.97. The third kappa shape index (κ3) is 3.07. The minimum Gasteiger partial charge on any atom is -0.371 e. The standard InChI is InChI=1S/C15H23BrN2/c1-12-4-5-15(13(10-12)11-16)18(3)14-6-8-17(2)9-7-14/h4-5,10,14H,6-9,11H2,1-3H3. The summed E-state index contributed by atoms with van der Waals surface area (Å²) < 4.78 is 0. The van der Waals surface area contributed by atoms with Gasteiger partial charge in [0.25, 0.3) is 0 Å². The average Bonchev–Trinajstić information content (AvgIpc) is 2.38. The van der Waals surface area contributed by atoms with Gasteiger partial charge in [-0.15, -0.1) is 0 Å². The maximum atomic E-state index is 3.61. The molecule has 2 rings (SSSR count). The second kappa shape index (κ2) is 6.07. The number of hydrogen-bond donors (Lipinski definition) is 0. The molecular formula is C15H23BrN2. The highest BCUT2D eigenvalue weighted by molar-refractivity contribution is 9.08. The van der Waals surface area contributed by atoms with E-state index in [9.17, 15) is 0 Å². The minimum absolute atomic E-state index is 0.682. The number of anilines is 1. The van der Waals surface area contributed by atoms with Crippen LogP contribution in [0.1, 0.15) is 24.0 Å². The average molecular weight is 311 g/mol. The molecule has 0 amide bonds. The molecule has 0 aromatic heterocycles. The maximum Gasteiger partial charge on any atom is 0.0407 e. The van der Waals surface area contributed by atoms with Gasteiger partial charge in [0.1, 0.15) is 0 Å². The molecule has 18 heavy (non-hydrogen) atoms. The van der Waals surface area contributed by atoms with Crippen LogP contribution in [0.2, 0.25) is 0 Å². The molecule has 1 heterocycles. The topological polar surface area (TPSA) is 6.48 Å². The van der Waals surface area contributed by atoms with E-state index in [1.807, 2.05) is 0 Å². The predicted molar refractivity (Wildman–Crippen MR) is 82.7 cm³/mol. The Morgan fingerprint density at radius 3 is 2.61 bits per heavy atom. The molecular weight excluding hydrogens is 288 g/mol. The van der Waals surface area contributed by atoms with Gasteiger partial charge in [-0.1, -0.05) is 33.6 Å². The summed E-state index contributed by atoms with van der Waals surface area (Å²) in [4.78, 5) is 4.90. The van der Waals surface area contributed by atoms with Crippen LogP contribution >= 0.6 is 15.9 Å². The van der Waals surface area contributed by atoms with Crippen molar-refractivity contribution in [2.45, 2.75) is 31.1 Å². The molecule has 0 bridgehead atoms. The molecule has 1 fully saturated rings. The minimum atomic E-state index is 0.682. The highest BCUT2D eigenvalue weighted by Gasteiger charge is 2.21. The van der Waals surface area contributed by atoms with Crippen LogP contribution in [0.3, 0.4) is 0 Å². The van der Waals surface area contributed by atoms with Gasteiger partial charge in [0.05, 0.1) is 0 Å². The van der Waals surface area contributed by atoms with Gasteiger partial charge in [-0.05, 0) is 51.5 Å². The van der Waals surface area contributed by atoms with E-state index in [0.29, 0.717) is 6.04 Å². The SMILES string of the molecule is Cc1ccc(N(C)C2CCN(C)CC2)c(CBr)c1. The molecule has 1 aromatic carbocycles. The Balaban J connectivity index is 2.15. The Hall–Kier alpha value is -0.540.